The maximum absolute atomic E-state index is 13.3. The summed E-state index contributed by atoms with van der Waals surface area (Å²) in [4.78, 5) is 0. The minimum atomic E-state index is -0.658. The highest BCUT2D eigenvalue weighted by atomic mass is 19.1. The van der Waals surface area contributed by atoms with E-state index in [1.54, 1.807) is 6.07 Å². The monoisotopic (exact) mass is 315 g/mol. The molecule has 3 nitrogen and oxygen atoms in total. The van der Waals surface area contributed by atoms with Gasteiger partial charge in [0.2, 0.25) is 0 Å². The number of ether oxygens (including phenoxy) is 1. The van der Waals surface area contributed by atoms with Crippen molar-refractivity contribution in [3.05, 3.63) is 65.5 Å². The Bertz CT molecular complexity index is 662. The van der Waals surface area contributed by atoms with E-state index in [1.807, 2.05) is 37.3 Å². The van der Waals surface area contributed by atoms with E-state index in [1.165, 1.54) is 17.7 Å². The van der Waals surface area contributed by atoms with Crippen LogP contribution in [-0.4, -0.2) is 23.4 Å². The first kappa shape index (κ1) is 16.0. The number of halogens is 1. The van der Waals surface area contributed by atoms with E-state index in [4.69, 9.17) is 4.74 Å². The summed E-state index contributed by atoms with van der Waals surface area (Å²) in [6.45, 7) is 3.06. The van der Waals surface area contributed by atoms with Crippen molar-refractivity contribution in [2.24, 2.45) is 0 Å². The van der Waals surface area contributed by atoms with Crippen molar-refractivity contribution < 1.29 is 14.2 Å². The van der Waals surface area contributed by atoms with Gasteiger partial charge in [0.25, 0.3) is 0 Å². The lowest BCUT2D eigenvalue weighted by atomic mass is 9.88. The van der Waals surface area contributed by atoms with Crippen LogP contribution in [0.5, 0.6) is 5.75 Å². The van der Waals surface area contributed by atoms with Gasteiger partial charge in [-0.2, -0.15) is 0 Å². The third-order valence-corrected chi connectivity index (χ3v) is 4.47. The molecule has 0 unspecified atom stereocenters. The number of aryl methyl sites for hydroxylation is 1. The standard InChI is InChI=1S/C19H22FNO2/c1-19(10-9-15-11-16(20)7-8-17(15)23-19)18(22)13-21-12-14-5-3-2-4-6-14/h2-8,11,18,21-22H,9-10,12-13H2,1H3/t18-,19+/m1/s1. The van der Waals surface area contributed by atoms with E-state index in [-0.39, 0.29) is 5.82 Å². The predicted molar refractivity (Wildman–Crippen MR) is 87.9 cm³/mol. The Hall–Kier alpha value is -1.91. The summed E-state index contributed by atoms with van der Waals surface area (Å²) in [5.41, 5.74) is 1.39. The fourth-order valence-electron chi connectivity index (χ4n) is 2.93. The van der Waals surface area contributed by atoms with Gasteiger partial charge in [-0.1, -0.05) is 30.3 Å². The molecule has 4 heteroatoms. The molecule has 0 fully saturated rings. The van der Waals surface area contributed by atoms with Gasteiger partial charge in [0, 0.05) is 13.1 Å². The molecule has 2 N–H and O–H groups in total. The average molecular weight is 315 g/mol. The van der Waals surface area contributed by atoms with Crippen LogP contribution in [0.2, 0.25) is 0 Å². The quantitative estimate of drug-likeness (QED) is 0.891. The zero-order valence-electron chi connectivity index (χ0n) is 13.3. The summed E-state index contributed by atoms with van der Waals surface area (Å²) in [5, 5.41) is 13.8. The third-order valence-electron chi connectivity index (χ3n) is 4.47. The number of benzene rings is 2. The number of hydrogen-bond donors (Lipinski definition) is 2. The summed E-state index contributed by atoms with van der Waals surface area (Å²) < 4.78 is 19.2. The first-order valence-corrected chi connectivity index (χ1v) is 7.97. The van der Waals surface area contributed by atoms with Crippen LogP contribution >= 0.6 is 0 Å². The van der Waals surface area contributed by atoms with Crippen LogP contribution in [0.3, 0.4) is 0 Å². The average Bonchev–Trinajstić information content (AvgIpc) is 2.56. The number of hydrogen-bond acceptors (Lipinski definition) is 3. The Balaban J connectivity index is 1.58. The van der Waals surface area contributed by atoms with Crippen molar-refractivity contribution in [1.29, 1.82) is 0 Å². The molecule has 0 bridgehead atoms. The maximum Gasteiger partial charge on any atom is 0.133 e. The van der Waals surface area contributed by atoms with Gasteiger partial charge in [0.1, 0.15) is 23.3 Å². The van der Waals surface area contributed by atoms with Crippen LogP contribution in [0.1, 0.15) is 24.5 Å². The smallest absolute Gasteiger partial charge is 0.133 e. The molecular formula is C19H22FNO2. The van der Waals surface area contributed by atoms with E-state index in [0.717, 1.165) is 5.56 Å². The highest BCUT2D eigenvalue weighted by molar-refractivity contribution is 5.36. The van der Waals surface area contributed by atoms with Crippen LogP contribution in [0, 0.1) is 5.82 Å². The fraction of sp³-hybridized carbons (Fsp3) is 0.368. The Kier molecular flexibility index (Phi) is 4.64. The molecule has 0 radical (unpaired) electrons. The molecule has 1 aliphatic heterocycles. The van der Waals surface area contributed by atoms with Crippen molar-refractivity contribution in [2.45, 2.75) is 38.0 Å². The van der Waals surface area contributed by atoms with Gasteiger partial charge in [-0.15, -0.1) is 0 Å². The minimum absolute atomic E-state index is 0.249. The Morgan fingerprint density at radius 3 is 2.83 bits per heavy atom. The molecule has 2 aromatic carbocycles. The zero-order chi connectivity index (χ0) is 16.3. The second-order valence-corrected chi connectivity index (χ2v) is 6.30. The van der Waals surface area contributed by atoms with Crippen molar-refractivity contribution >= 4 is 0 Å². The van der Waals surface area contributed by atoms with Gasteiger partial charge >= 0.3 is 0 Å². The highest BCUT2D eigenvalue weighted by Crippen LogP contribution is 2.35. The zero-order valence-corrected chi connectivity index (χ0v) is 13.3. The molecule has 0 amide bonds. The van der Waals surface area contributed by atoms with Gasteiger partial charge in [-0.3, -0.25) is 0 Å². The van der Waals surface area contributed by atoms with Gasteiger partial charge in [0.05, 0.1) is 0 Å². The van der Waals surface area contributed by atoms with Crippen LogP contribution in [0.4, 0.5) is 4.39 Å². The number of rotatable bonds is 5. The summed E-state index contributed by atoms with van der Waals surface area (Å²) >= 11 is 0. The molecule has 1 heterocycles. The summed E-state index contributed by atoms with van der Waals surface area (Å²) in [6, 6.07) is 14.6. The summed E-state index contributed by atoms with van der Waals surface area (Å²) in [7, 11) is 0. The number of fused-ring (bicyclic) bond motifs is 1. The molecule has 0 saturated carbocycles. The molecule has 2 aromatic rings. The molecule has 23 heavy (non-hydrogen) atoms. The molecule has 2 atom stereocenters. The minimum Gasteiger partial charge on any atom is -0.485 e. The molecule has 0 saturated heterocycles. The Labute approximate surface area is 136 Å². The third kappa shape index (κ3) is 3.71. The first-order chi connectivity index (χ1) is 11.1. The lowest BCUT2D eigenvalue weighted by Gasteiger charge is -2.39. The molecular weight excluding hydrogens is 293 g/mol. The van der Waals surface area contributed by atoms with Crippen molar-refractivity contribution in [1.82, 2.24) is 5.32 Å². The molecule has 0 spiro atoms. The van der Waals surface area contributed by atoms with Gasteiger partial charge < -0.3 is 15.2 Å². The van der Waals surface area contributed by atoms with E-state index in [0.29, 0.717) is 31.7 Å². The van der Waals surface area contributed by atoms with Crippen molar-refractivity contribution in [3.8, 4) is 5.75 Å². The van der Waals surface area contributed by atoms with Crippen molar-refractivity contribution in [2.75, 3.05) is 6.54 Å². The summed E-state index contributed by atoms with van der Waals surface area (Å²) in [5.74, 6) is 0.420. The van der Waals surface area contributed by atoms with Crippen molar-refractivity contribution in [3.63, 3.8) is 0 Å². The van der Waals surface area contributed by atoms with E-state index in [2.05, 4.69) is 5.32 Å². The molecule has 122 valence electrons. The van der Waals surface area contributed by atoms with E-state index < -0.39 is 11.7 Å². The lowest BCUT2D eigenvalue weighted by Crippen LogP contribution is -2.51. The SMILES string of the molecule is C[C@@]1([C@H](O)CNCc2ccccc2)CCc2cc(F)ccc2O1. The van der Waals surface area contributed by atoms with Gasteiger partial charge in [-0.25, -0.2) is 4.39 Å². The van der Waals surface area contributed by atoms with Gasteiger partial charge in [-0.05, 0) is 49.1 Å². The van der Waals surface area contributed by atoms with E-state index >= 15 is 0 Å². The molecule has 0 aromatic heterocycles. The maximum atomic E-state index is 13.3. The largest absolute Gasteiger partial charge is 0.485 e. The second kappa shape index (κ2) is 6.69. The van der Waals surface area contributed by atoms with Crippen LogP contribution in [-0.2, 0) is 13.0 Å². The molecule has 1 aliphatic rings. The normalized spacial score (nSPS) is 21.3. The Morgan fingerprint density at radius 1 is 1.26 bits per heavy atom. The molecule has 3 rings (SSSR count). The topological polar surface area (TPSA) is 41.5 Å². The number of nitrogens with one attached hydrogen (secondary N) is 1. The Morgan fingerprint density at radius 2 is 2.04 bits per heavy atom. The van der Waals surface area contributed by atoms with Gasteiger partial charge in [0.15, 0.2) is 0 Å². The van der Waals surface area contributed by atoms with Crippen LogP contribution < -0.4 is 10.1 Å². The second-order valence-electron chi connectivity index (χ2n) is 6.30. The lowest BCUT2D eigenvalue weighted by molar-refractivity contribution is -0.0532. The summed E-state index contributed by atoms with van der Waals surface area (Å²) in [6.07, 6.45) is 0.737. The van der Waals surface area contributed by atoms with Crippen LogP contribution in [0.25, 0.3) is 0 Å². The molecule has 0 aliphatic carbocycles. The van der Waals surface area contributed by atoms with Crippen LogP contribution in [0.15, 0.2) is 48.5 Å². The van der Waals surface area contributed by atoms with E-state index in [9.17, 15) is 9.50 Å². The fourth-order valence-corrected chi connectivity index (χ4v) is 2.93. The first-order valence-electron chi connectivity index (χ1n) is 7.97. The predicted octanol–water partition coefficient (Wildman–Crippen LogP) is 3.06. The highest BCUT2D eigenvalue weighted by Gasteiger charge is 2.38. The number of aliphatic hydroxyl groups excluding tert-OH is 1. The number of aliphatic hydroxyl groups is 1.